The lowest BCUT2D eigenvalue weighted by Gasteiger charge is -2.05. The molecule has 0 radical (unpaired) electrons. The highest BCUT2D eigenvalue weighted by Gasteiger charge is 2.11. The van der Waals surface area contributed by atoms with Crippen molar-refractivity contribution in [1.82, 2.24) is 0 Å². The highest BCUT2D eigenvalue weighted by Crippen LogP contribution is 2.19. The minimum absolute atomic E-state index is 0.277. The lowest BCUT2D eigenvalue weighted by Crippen LogP contribution is -2.14. The first-order valence-corrected chi connectivity index (χ1v) is 4.45. The summed E-state index contributed by atoms with van der Waals surface area (Å²) >= 11 is 0. The minimum atomic E-state index is -1.10. The van der Waals surface area contributed by atoms with Crippen molar-refractivity contribution in [2.24, 2.45) is 0 Å². The highest BCUT2D eigenvalue weighted by atomic mass is 16.7. The molecule has 0 fully saturated rings. The second-order valence-corrected chi connectivity index (χ2v) is 2.72. The van der Waals surface area contributed by atoms with Crippen molar-refractivity contribution >= 4 is 18.2 Å². The predicted octanol–water partition coefficient (Wildman–Crippen LogP) is 2.56. The first-order chi connectivity index (χ1) is 7.67. The van der Waals surface area contributed by atoms with Gasteiger partial charge in [-0.25, -0.2) is 9.59 Å². The van der Waals surface area contributed by atoms with Gasteiger partial charge in [-0.2, -0.15) is 0 Å². The molecule has 0 spiro atoms. The molecule has 0 N–H and O–H groups in total. The van der Waals surface area contributed by atoms with Crippen molar-refractivity contribution in [2.75, 3.05) is 0 Å². The molecule has 0 aliphatic heterocycles. The van der Waals surface area contributed by atoms with Crippen LogP contribution in [0.5, 0.6) is 5.75 Å². The molecular formula is C12H10O4. The number of carbonyl (C=O) groups excluding carboxylic acids is 2. The number of benzene rings is 1. The van der Waals surface area contributed by atoms with Gasteiger partial charge in [0.15, 0.2) is 0 Å². The number of ether oxygens (including phenoxy) is 2. The van der Waals surface area contributed by atoms with E-state index in [0.29, 0.717) is 5.56 Å². The Morgan fingerprint density at radius 1 is 1.19 bits per heavy atom. The smallest absolute Gasteiger partial charge is 0.394 e. The summed E-state index contributed by atoms with van der Waals surface area (Å²) in [4.78, 5) is 21.8. The van der Waals surface area contributed by atoms with E-state index in [0.717, 1.165) is 6.08 Å². The number of esters is 1. The van der Waals surface area contributed by atoms with Gasteiger partial charge >= 0.3 is 12.1 Å². The van der Waals surface area contributed by atoms with Crippen molar-refractivity contribution < 1.29 is 19.1 Å². The maximum absolute atomic E-state index is 11.1. The molecule has 0 amide bonds. The van der Waals surface area contributed by atoms with Gasteiger partial charge < -0.3 is 9.47 Å². The molecule has 0 saturated carbocycles. The molecule has 0 unspecified atom stereocenters. The molecule has 1 aromatic rings. The summed E-state index contributed by atoms with van der Waals surface area (Å²) in [6.07, 6.45) is 1.30. The lowest BCUT2D eigenvalue weighted by atomic mass is 10.2. The normalized spacial score (nSPS) is 9.00. The molecule has 4 nitrogen and oxygen atoms in total. The van der Waals surface area contributed by atoms with Crippen molar-refractivity contribution in [3.8, 4) is 5.75 Å². The third-order valence-electron chi connectivity index (χ3n) is 1.68. The van der Waals surface area contributed by atoms with Crippen LogP contribution < -0.4 is 4.74 Å². The fourth-order valence-corrected chi connectivity index (χ4v) is 0.977. The minimum Gasteiger partial charge on any atom is -0.394 e. The van der Waals surface area contributed by atoms with Crippen LogP contribution in [-0.4, -0.2) is 12.1 Å². The second kappa shape index (κ2) is 5.50. The van der Waals surface area contributed by atoms with Gasteiger partial charge in [0.25, 0.3) is 0 Å². The molecule has 82 valence electrons. The van der Waals surface area contributed by atoms with Gasteiger partial charge in [-0.15, -0.1) is 0 Å². The standard InChI is InChI=1S/C12H10O4/c1-3-9-7-5-6-8-10(9)15-12(14)16-11(13)4-2/h3-8H,1-2H2. The number of hydrogen-bond acceptors (Lipinski definition) is 4. The maximum atomic E-state index is 11.1. The van der Waals surface area contributed by atoms with Crippen LogP contribution in [0.15, 0.2) is 43.5 Å². The Morgan fingerprint density at radius 2 is 1.88 bits per heavy atom. The van der Waals surface area contributed by atoms with Gasteiger partial charge in [-0.3, -0.25) is 0 Å². The topological polar surface area (TPSA) is 52.6 Å². The van der Waals surface area contributed by atoms with Gasteiger partial charge in [0, 0.05) is 11.6 Å². The quantitative estimate of drug-likeness (QED) is 0.338. The molecule has 4 heteroatoms. The first kappa shape index (κ1) is 11.7. The molecule has 1 rings (SSSR count). The number of carbonyl (C=O) groups is 2. The molecule has 0 aliphatic carbocycles. The lowest BCUT2D eigenvalue weighted by molar-refractivity contribution is -0.133. The van der Waals surface area contributed by atoms with E-state index in [4.69, 9.17) is 4.74 Å². The Kier molecular flexibility index (Phi) is 4.03. The number of hydrogen-bond donors (Lipinski definition) is 0. The van der Waals surface area contributed by atoms with E-state index in [2.05, 4.69) is 17.9 Å². The van der Waals surface area contributed by atoms with Crippen LogP contribution in [0.25, 0.3) is 6.08 Å². The summed E-state index contributed by atoms with van der Waals surface area (Å²) in [6.45, 7) is 6.72. The number of para-hydroxylation sites is 1. The molecule has 16 heavy (non-hydrogen) atoms. The molecule has 0 saturated heterocycles. The molecule has 0 atom stereocenters. The number of rotatable bonds is 3. The van der Waals surface area contributed by atoms with Crippen molar-refractivity contribution in [1.29, 1.82) is 0 Å². The summed E-state index contributed by atoms with van der Waals surface area (Å²) in [5.74, 6) is -0.583. The van der Waals surface area contributed by atoms with Crippen LogP contribution >= 0.6 is 0 Å². The van der Waals surface area contributed by atoms with Gasteiger partial charge in [-0.05, 0) is 6.07 Å². The van der Waals surface area contributed by atoms with Crippen LogP contribution in [0.2, 0.25) is 0 Å². The average molecular weight is 218 g/mol. The Labute approximate surface area is 92.8 Å². The summed E-state index contributed by atoms with van der Waals surface area (Å²) < 4.78 is 9.06. The van der Waals surface area contributed by atoms with Crippen molar-refractivity contribution in [3.05, 3.63) is 49.1 Å². The second-order valence-electron chi connectivity index (χ2n) is 2.72. The van der Waals surface area contributed by atoms with E-state index in [1.54, 1.807) is 24.3 Å². The van der Waals surface area contributed by atoms with Crippen LogP contribution in [0.4, 0.5) is 4.79 Å². The molecule has 0 aliphatic rings. The fourth-order valence-electron chi connectivity index (χ4n) is 0.977. The molecule has 0 aromatic heterocycles. The van der Waals surface area contributed by atoms with E-state index in [1.165, 1.54) is 6.08 Å². The summed E-state index contributed by atoms with van der Waals surface area (Å²) in [7, 11) is 0. The zero-order valence-corrected chi connectivity index (χ0v) is 8.51. The van der Waals surface area contributed by atoms with Gasteiger partial charge in [0.05, 0.1) is 0 Å². The largest absolute Gasteiger partial charge is 0.521 e. The van der Waals surface area contributed by atoms with E-state index in [1.807, 2.05) is 0 Å². The Hall–Kier alpha value is -2.36. The van der Waals surface area contributed by atoms with Crippen molar-refractivity contribution in [3.63, 3.8) is 0 Å². The Morgan fingerprint density at radius 3 is 2.50 bits per heavy atom. The SMILES string of the molecule is C=CC(=O)OC(=O)Oc1ccccc1C=C. The highest BCUT2D eigenvalue weighted by molar-refractivity contribution is 5.90. The third-order valence-corrected chi connectivity index (χ3v) is 1.68. The van der Waals surface area contributed by atoms with Gasteiger partial charge in [0.1, 0.15) is 5.75 Å². The fraction of sp³-hybridized carbons (Fsp3) is 0. The maximum Gasteiger partial charge on any atom is 0.521 e. The summed E-state index contributed by atoms with van der Waals surface area (Å²) in [5, 5.41) is 0. The zero-order chi connectivity index (χ0) is 12.0. The van der Waals surface area contributed by atoms with Gasteiger partial charge in [0.2, 0.25) is 0 Å². The Bertz CT molecular complexity index is 434. The molecule has 0 heterocycles. The van der Waals surface area contributed by atoms with Crippen molar-refractivity contribution in [2.45, 2.75) is 0 Å². The van der Waals surface area contributed by atoms with Gasteiger partial charge in [-0.1, -0.05) is 37.4 Å². The predicted molar refractivity (Wildman–Crippen MR) is 58.8 cm³/mol. The van der Waals surface area contributed by atoms with E-state index < -0.39 is 12.1 Å². The molecule has 1 aromatic carbocycles. The van der Waals surface area contributed by atoms with Crippen LogP contribution in [0, 0.1) is 0 Å². The summed E-state index contributed by atoms with van der Waals surface area (Å²) in [5.41, 5.74) is 0.630. The zero-order valence-electron chi connectivity index (χ0n) is 8.51. The van der Waals surface area contributed by atoms with E-state index in [9.17, 15) is 9.59 Å². The van der Waals surface area contributed by atoms with Crippen LogP contribution in [0.1, 0.15) is 5.56 Å². The third kappa shape index (κ3) is 3.09. The van der Waals surface area contributed by atoms with E-state index in [-0.39, 0.29) is 5.75 Å². The monoisotopic (exact) mass is 218 g/mol. The molecule has 0 bridgehead atoms. The molecular weight excluding hydrogens is 208 g/mol. The van der Waals surface area contributed by atoms with Crippen LogP contribution in [-0.2, 0) is 9.53 Å². The average Bonchev–Trinajstić information content (AvgIpc) is 2.29. The Balaban J connectivity index is 2.73. The summed E-state index contributed by atoms with van der Waals surface area (Å²) in [6, 6.07) is 6.73. The van der Waals surface area contributed by atoms with Crippen LogP contribution in [0.3, 0.4) is 0 Å². The van der Waals surface area contributed by atoms with E-state index >= 15 is 0 Å². The first-order valence-electron chi connectivity index (χ1n) is 4.45.